The summed E-state index contributed by atoms with van der Waals surface area (Å²) >= 11 is 3.43. The lowest BCUT2D eigenvalue weighted by Gasteiger charge is -2.11. The highest BCUT2D eigenvalue weighted by Gasteiger charge is 2.16. The lowest BCUT2D eigenvalue weighted by Crippen LogP contribution is -2.28. The van der Waals surface area contributed by atoms with Crippen LogP contribution >= 0.6 is 15.9 Å². The Morgan fingerprint density at radius 1 is 1.63 bits per heavy atom. The lowest BCUT2D eigenvalue weighted by molar-refractivity contribution is 0.0942. The van der Waals surface area contributed by atoms with E-state index < -0.39 is 0 Å². The van der Waals surface area contributed by atoms with Crippen molar-refractivity contribution in [1.82, 2.24) is 15.2 Å². The molecule has 2 heterocycles. The number of nitrogens with zero attached hydrogens (tertiary/aromatic N) is 1. The highest BCUT2D eigenvalue weighted by atomic mass is 79.9. The van der Waals surface area contributed by atoms with Crippen molar-refractivity contribution in [2.75, 3.05) is 19.6 Å². The second kappa shape index (κ2) is 7.10. The van der Waals surface area contributed by atoms with Crippen LogP contribution in [0.3, 0.4) is 0 Å². The molecule has 0 radical (unpaired) electrons. The summed E-state index contributed by atoms with van der Waals surface area (Å²) in [5.74, 6) is 0.750. The van der Waals surface area contributed by atoms with Crippen molar-refractivity contribution in [1.29, 1.82) is 0 Å². The summed E-state index contributed by atoms with van der Waals surface area (Å²) in [5, 5.41) is 6.38. The molecule has 1 unspecified atom stereocenters. The van der Waals surface area contributed by atoms with E-state index in [0.29, 0.717) is 0 Å². The fourth-order valence-corrected chi connectivity index (χ4v) is 3.00. The van der Waals surface area contributed by atoms with Crippen molar-refractivity contribution in [3.8, 4) is 0 Å². The number of aromatic nitrogens is 1. The van der Waals surface area contributed by atoms with E-state index in [9.17, 15) is 4.79 Å². The molecule has 19 heavy (non-hydrogen) atoms. The molecule has 1 fully saturated rings. The van der Waals surface area contributed by atoms with Crippen LogP contribution in [-0.4, -0.2) is 30.1 Å². The SMILES string of the molecule is CCCn1cc(Br)cc1C(=O)NCCC1CCNC1. The topological polar surface area (TPSA) is 46.1 Å². The molecule has 0 aliphatic carbocycles. The summed E-state index contributed by atoms with van der Waals surface area (Å²) in [5.41, 5.74) is 0.748. The first-order valence-corrected chi connectivity index (χ1v) is 7.84. The molecule has 2 N–H and O–H groups in total. The monoisotopic (exact) mass is 327 g/mol. The minimum atomic E-state index is 0.0325. The second-order valence-corrected chi connectivity index (χ2v) is 6.06. The Labute approximate surface area is 123 Å². The number of hydrogen-bond donors (Lipinski definition) is 2. The Bertz CT molecular complexity index is 424. The standard InChI is InChI=1S/C14H22BrN3O/c1-2-7-18-10-12(15)8-13(18)14(19)17-6-4-11-3-5-16-9-11/h8,10-11,16H,2-7,9H2,1H3,(H,17,19). The first-order valence-electron chi connectivity index (χ1n) is 7.05. The molecule has 0 aromatic carbocycles. The van der Waals surface area contributed by atoms with Gasteiger partial charge in [-0.25, -0.2) is 0 Å². The first kappa shape index (κ1) is 14.6. The first-order chi connectivity index (χ1) is 9.20. The molecule has 4 nitrogen and oxygen atoms in total. The van der Waals surface area contributed by atoms with Crippen LogP contribution in [0.25, 0.3) is 0 Å². The Kier molecular flexibility index (Phi) is 5.45. The summed E-state index contributed by atoms with van der Waals surface area (Å²) in [6.45, 7) is 5.96. The number of aryl methyl sites for hydroxylation is 1. The molecule has 1 aliphatic rings. The predicted octanol–water partition coefficient (Wildman–Crippen LogP) is 2.39. The Hall–Kier alpha value is -0.810. The average Bonchev–Trinajstić information content (AvgIpc) is 2.99. The third-order valence-corrected chi connectivity index (χ3v) is 3.99. The third-order valence-electron chi connectivity index (χ3n) is 3.56. The number of rotatable bonds is 6. The Balaban J connectivity index is 1.84. The van der Waals surface area contributed by atoms with Gasteiger partial charge in [-0.1, -0.05) is 6.92 Å². The molecule has 1 amide bonds. The zero-order valence-electron chi connectivity index (χ0n) is 11.4. The predicted molar refractivity (Wildman–Crippen MR) is 80.3 cm³/mol. The van der Waals surface area contributed by atoms with Gasteiger partial charge in [-0.3, -0.25) is 4.79 Å². The maximum absolute atomic E-state index is 12.2. The highest BCUT2D eigenvalue weighted by Crippen LogP contribution is 2.16. The van der Waals surface area contributed by atoms with Gasteiger partial charge in [-0.15, -0.1) is 0 Å². The summed E-state index contributed by atoms with van der Waals surface area (Å²) < 4.78 is 2.97. The minimum absolute atomic E-state index is 0.0325. The normalized spacial score (nSPS) is 18.7. The molecular formula is C14H22BrN3O. The lowest BCUT2D eigenvalue weighted by atomic mass is 10.1. The summed E-state index contributed by atoms with van der Waals surface area (Å²) in [7, 11) is 0. The van der Waals surface area contributed by atoms with Crippen LogP contribution in [0, 0.1) is 5.92 Å². The molecular weight excluding hydrogens is 306 g/mol. The minimum Gasteiger partial charge on any atom is -0.351 e. The molecule has 5 heteroatoms. The van der Waals surface area contributed by atoms with E-state index in [0.717, 1.165) is 55.1 Å². The number of halogens is 1. The number of nitrogens with one attached hydrogen (secondary N) is 2. The smallest absolute Gasteiger partial charge is 0.267 e. The van der Waals surface area contributed by atoms with E-state index in [1.165, 1.54) is 6.42 Å². The van der Waals surface area contributed by atoms with Gasteiger partial charge in [0.15, 0.2) is 0 Å². The molecule has 2 rings (SSSR count). The van der Waals surface area contributed by atoms with E-state index in [4.69, 9.17) is 0 Å². The number of carbonyl (C=O) groups is 1. The fraction of sp³-hybridized carbons (Fsp3) is 0.643. The van der Waals surface area contributed by atoms with E-state index in [2.05, 4.69) is 33.5 Å². The van der Waals surface area contributed by atoms with E-state index in [1.807, 2.05) is 16.8 Å². The van der Waals surface area contributed by atoms with Crippen LogP contribution in [0.15, 0.2) is 16.7 Å². The van der Waals surface area contributed by atoms with Gasteiger partial charge >= 0.3 is 0 Å². The summed E-state index contributed by atoms with van der Waals surface area (Å²) in [6.07, 6.45) is 5.29. The van der Waals surface area contributed by atoms with Crippen molar-refractivity contribution >= 4 is 21.8 Å². The van der Waals surface area contributed by atoms with Gasteiger partial charge in [-0.05, 0) is 60.3 Å². The molecule has 1 aromatic rings. The molecule has 0 saturated carbocycles. The largest absolute Gasteiger partial charge is 0.351 e. The van der Waals surface area contributed by atoms with Crippen LogP contribution < -0.4 is 10.6 Å². The van der Waals surface area contributed by atoms with Gasteiger partial charge < -0.3 is 15.2 Å². The van der Waals surface area contributed by atoms with Crippen molar-refractivity contribution in [2.45, 2.75) is 32.7 Å². The zero-order valence-corrected chi connectivity index (χ0v) is 13.0. The van der Waals surface area contributed by atoms with Gasteiger partial charge in [0.05, 0.1) is 0 Å². The van der Waals surface area contributed by atoms with Gasteiger partial charge in [-0.2, -0.15) is 0 Å². The van der Waals surface area contributed by atoms with Crippen LogP contribution in [0.2, 0.25) is 0 Å². The molecule has 1 aliphatic heterocycles. The van der Waals surface area contributed by atoms with E-state index >= 15 is 0 Å². The third kappa shape index (κ3) is 4.08. The van der Waals surface area contributed by atoms with Gasteiger partial charge in [0.1, 0.15) is 5.69 Å². The quantitative estimate of drug-likeness (QED) is 0.842. The summed E-state index contributed by atoms with van der Waals surface area (Å²) in [4.78, 5) is 12.2. The average molecular weight is 328 g/mol. The van der Waals surface area contributed by atoms with Gasteiger partial charge in [0, 0.05) is 23.8 Å². The fourth-order valence-electron chi connectivity index (χ4n) is 2.53. The zero-order chi connectivity index (χ0) is 13.7. The van der Waals surface area contributed by atoms with Crippen LogP contribution in [0.5, 0.6) is 0 Å². The van der Waals surface area contributed by atoms with Crippen molar-refractivity contribution in [3.63, 3.8) is 0 Å². The Morgan fingerprint density at radius 2 is 2.47 bits per heavy atom. The second-order valence-electron chi connectivity index (χ2n) is 5.14. The van der Waals surface area contributed by atoms with Crippen molar-refractivity contribution < 1.29 is 4.79 Å². The van der Waals surface area contributed by atoms with Gasteiger partial charge in [0.25, 0.3) is 5.91 Å². The number of hydrogen-bond acceptors (Lipinski definition) is 2. The van der Waals surface area contributed by atoms with Crippen molar-refractivity contribution in [2.24, 2.45) is 5.92 Å². The van der Waals surface area contributed by atoms with E-state index in [-0.39, 0.29) is 5.91 Å². The number of amides is 1. The Morgan fingerprint density at radius 3 is 3.16 bits per heavy atom. The highest BCUT2D eigenvalue weighted by molar-refractivity contribution is 9.10. The van der Waals surface area contributed by atoms with Crippen LogP contribution in [0.1, 0.15) is 36.7 Å². The molecule has 1 aromatic heterocycles. The van der Waals surface area contributed by atoms with Crippen molar-refractivity contribution in [3.05, 3.63) is 22.4 Å². The maximum atomic E-state index is 12.2. The van der Waals surface area contributed by atoms with Gasteiger partial charge in [0.2, 0.25) is 0 Å². The molecule has 106 valence electrons. The molecule has 1 saturated heterocycles. The van der Waals surface area contributed by atoms with Crippen LogP contribution in [0.4, 0.5) is 0 Å². The molecule has 1 atom stereocenters. The summed E-state index contributed by atoms with van der Waals surface area (Å²) in [6, 6.07) is 1.89. The van der Waals surface area contributed by atoms with Crippen LogP contribution in [-0.2, 0) is 6.54 Å². The van der Waals surface area contributed by atoms with E-state index in [1.54, 1.807) is 0 Å². The molecule has 0 bridgehead atoms. The number of carbonyl (C=O) groups excluding carboxylic acids is 1. The maximum Gasteiger partial charge on any atom is 0.267 e. The molecule has 0 spiro atoms.